The van der Waals surface area contributed by atoms with E-state index in [4.69, 9.17) is 22.1 Å². The van der Waals surface area contributed by atoms with Gasteiger partial charge in [-0.3, -0.25) is 4.79 Å². The van der Waals surface area contributed by atoms with Gasteiger partial charge in [0.15, 0.2) is 0 Å². The molecule has 1 aromatic rings. The molecule has 0 unspecified atom stereocenters. The second kappa shape index (κ2) is 6.02. The molecule has 1 aromatic heterocycles. The smallest absolute Gasteiger partial charge is 0.253 e. The highest BCUT2D eigenvalue weighted by atomic mass is 35.5. The summed E-state index contributed by atoms with van der Waals surface area (Å²) in [5.41, 5.74) is 5.45. The lowest BCUT2D eigenvalue weighted by Crippen LogP contribution is -2.40. The van der Waals surface area contributed by atoms with E-state index in [1.165, 1.54) is 12.3 Å². The fourth-order valence-corrected chi connectivity index (χ4v) is 1.58. The van der Waals surface area contributed by atoms with Gasteiger partial charge in [-0.05, 0) is 26.8 Å². The molecule has 0 aliphatic rings. The minimum Gasteiger partial charge on any atom is -0.382 e. The lowest BCUT2D eigenvalue weighted by molar-refractivity contribution is -0.00815. The Morgan fingerprint density at radius 2 is 2.28 bits per heavy atom. The Balaban J connectivity index is 2.63. The van der Waals surface area contributed by atoms with Gasteiger partial charge in [0.25, 0.3) is 5.91 Å². The summed E-state index contributed by atoms with van der Waals surface area (Å²) in [6.45, 7) is 6.73. The van der Waals surface area contributed by atoms with Crippen LogP contribution in [-0.2, 0) is 4.74 Å². The van der Waals surface area contributed by atoms with Gasteiger partial charge in [0.1, 0.15) is 5.82 Å². The van der Waals surface area contributed by atoms with E-state index in [0.717, 1.165) is 0 Å². The second-order valence-corrected chi connectivity index (χ2v) is 4.87. The van der Waals surface area contributed by atoms with Crippen LogP contribution in [0.5, 0.6) is 0 Å². The maximum Gasteiger partial charge on any atom is 0.253 e. The van der Waals surface area contributed by atoms with Gasteiger partial charge in [-0.1, -0.05) is 11.6 Å². The van der Waals surface area contributed by atoms with Gasteiger partial charge >= 0.3 is 0 Å². The van der Waals surface area contributed by atoms with Crippen LogP contribution in [-0.4, -0.2) is 29.6 Å². The Kier molecular flexibility index (Phi) is 4.93. The molecule has 0 aliphatic heterocycles. The first kappa shape index (κ1) is 14.7. The third kappa shape index (κ3) is 4.16. The van der Waals surface area contributed by atoms with Crippen LogP contribution in [0.25, 0.3) is 0 Å². The van der Waals surface area contributed by atoms with Gasteiger partial charge in [0.2, 0.25) is 0 Å². The summed E-state index contributed by atoms with van der Waals surface area (Å²) in [5.74, 6) is -0.0416. The molecule has 3 N–H and O–H groups in total. The number of nitrogens with two attached hydrogens (primary N) is 1. The minimum atomic E-state index is -0.407. The fraction of sp³-hybridized carbons (Fsp3) is 0.500. The number of hydrogen-bond donors (Lipinski definition) is 2. The van der Waals surface area contributed by atoms with Crippen molar-refractivity contribution in [2.45, 2.75) is 26.4 Å². The van der Waals surface area contributed by atoms with Crippen LogP contribution in [0.3, 0.4) is 0 Å². The third-order valence-electron chi connectivity index (χ3n) is 2.34. The molecule has 0 atom stereocenters. The number of aromatic nitrogens is 1. The molecule has 1 amide bonds. The monoisotopic (exact) mass is 271 g/mol. The van der Waals surface area contributed by atoms with Crippen molar-refractivity contribution in [2.24, 2.45) is 0 Å². The van der Waals surface area contributed by atoms with Gasteiger partial charge in [0, 0.05) is 19.3 Å². The Hall–Kier alpha value is -1.33. The van der Waals surface area contributed by atoms with Crippen molar-refractivity contribution in [3.8, 4) is 0 Å². The molecule has 1 heterocycles. The summed E-state index contributed by atoms with van der Waals surface area (Å²) in [5, 5.41) is 3.04. The number of pyridine rings is 1. The van der Waals surface area contributed by atoms with Crippen LogP contribution in [0.2, 0.25) is 5.02 Å². The SMILES string of the molecule is CCOC(C)(C)CNC(=O)c1cnc(N)c(Cl)c1. The highest BCUT2D eigenvalue weighted by Crippen LogP contribution is 2.16. The molecular weight excluding hydrogens is 254 g/mol. The molecule has 1 rings (SSSR count). The predicted molar refractivity (Wildman–Crippen MR) is 71.7 cm³/mol. The van der Waals surface area contributed by atoms with E-state index in [9.17, 15) is 4.79 Å². The first-order chi connectivity index (χ1) is 8.35. The van der Waals surface area contributed by atoms with Crippen LogP contribution in [0.15, 0.2) is 12.3 Å². The summed E-state index contributed by atoms with van der Waals surface area (Å²) in [6, 6.07) is 1.49. The first-order valence-corrected chi connectivity index (χ1v) is 6.06. The molecule has 0 radical (unpaired) electrons. The molecule has 100 valence electrons. The maximum absolute atomic E-state index is 11.9. The average Bonchev–Trinajstić information content (AvgIpc) is 2.30. The number of hydrogen-bond acceptors (Lipinski definition) is 4. The van der Waals surface area contributed by atoms with Crippen molar-refractivity contribution < 1.29 is 9.53 Å². The van der Waals surface area contributed by atoms with E-state index >= 15 is 0 Å². The number of nitrogen functional groups attached to an aromatic ring is 1. The number of amides is 1. The second-order valence-electron chi connectivity index (χ2n) is 4.47. The number of rotatable bonds is 5. The van der Waals surface area contributed by atoms with Crippen molar-refractivity contribution in [1.29, 1.82) is 0 Å². The Labute approximate surface area is 112 Å². The maximum atomic E-state index is 11.9. The Morgan fingerprint density at radius 3 is 2.83 bits per heavy atom. The molecule has 0 saturated carbocycles. The van der Waals surface area contributed by atoms with Crippen molar-refractivity contribution >= 4 is 23.3 Å². The Morgan fingerprint density at radius 1 is 1.61 bits per heavy atom. The van der Waals surface area contributed by atoms with E-state index in [0.29, 0.717) is 18.7 Å². The fourth-order valence-electron chi connectivity index (χ4n) is 1.41. The van der Waals surface area contributed by atoms with E-state index < -0.39 is 5.60 Å². The van der Waals surface area contributed by atoms with E-state index in [1.807, 2.05) is 20.8 Å². The largest absolute Gasteiger partial charge is 0.382 e. The number of nitrogens with one attached hydrogen (secondary N) is 1. The number of ether oxygens (including phenoxy) is 1. The van der Waals surface area contributed by atoms with Crippen molar-refractivity contribution in [3.63, 3.8) is 0 Å². The van der Waals surface area contributed by atoms with Crippen molar-refractivity contribution in [2.75, 3.05) is 18.9 Å². The highest BCUT2D eigenvalue weighted by molar-refractivity contribution is 6.33. The zero-order chi connectivity index (χ0) is 13.8. The molecule has 6 heteroatoms. The standard InChI is InChI=1S/C12H18ClN3O2/c1-4-18-12(2,3)7-16-11(17)8-5-9(13)10(14)15-6-8/h5-6H,4,7H2,1-3H3,(H2,14,15)(H,16,17). The lowest BCUT2D eigenvalue weighted by Gasteiger charge is -2.24. The van der Waals surface area contributed by atoms with Gasteiger partial charge in [-0.2, -0.15) is 0 Å². The molecule has 0 saturated heterocycles. The number of nitrogens with zero attached hydrogens (tertiary/aromatic N) is 1. The normalized spacial score (nSPS) is 11.3. The van der Waals surface area contributed by atoms with E-state index in [2.05, 4.69) is 10.3 Å². The van der Waals surface area contributed by atoms with E-state index in [-0.39, 0.29) is 16.7 Å². The zero-order valence-electron chi connectivity index (χ0n) is 10.8. The predicted octanol–water partition coefficient (Wildman–Crippen LogP) is 1.86. The van der Waals surface area contributed by atoms with Gasteiger partial charge in [-0.15, -0.1) is 0 Å². The zero-order valence-corrected chi connectivity index (χ0v) is 11.5. The quantitative estimate of drug-likeness (QED) is 0.857. The average molecular weight is 272 g/mol. The molecule has 0 fully saturated rings. The molecular formula is C12H18ClN3O2. The van der Waals surface area contributed by atoms with Gasteiger partial charge < -0.3 is 15.8 Å². The van der Waals surface area contributed by atoms with Crippen LogP contribution >= 0.6 is 11.6 Å². The third-order valence-corrected chi connectivity index (χ3v) is 2.64. The topological polar surface area (TPSA) is 77.2 Å². The molecule has 5 nitrogen and oxygen atoms in total. The van der Waals surface area contributed by atoms with Gasteiger partial charge in [0.05, 0.1) is 16.2 Å². The number of carbonyl (C=O) groups excluding carboxylic acids is 1. The van der Waals surface area contributed by atoms with Crippen LogP contribution < -0.4 is 11.1 Å². The van der Waals surface area contributed by atoms with Crippen molar-refractivity contribution in [1.82, 2.24) is 10.3 Å². The van der Waals surface area contributed by atoms with E-state index in [1.54, 1.807) is 0 Å². The number of carbonyl (C=O) groups is 1. The number of halogens is 1. The molecule has 0 aromatic carbocycles. The lowest BCUT2D eigenvalue weighted by atomic mass is 10.1. The van der Waals surface area contributed by atoms with Crippen LogP contribution in [0, 0.1) is 0 Å². The highest BCUT2D eigenvalue weighted by Gasteiger charge is 2.19. The van der Waals surface area contributed by atoms with Crippen LogP contribution in [0.1, 0.15) is 31.1 Å². The molecule has 0 spiro atoms. The van der Waals surface area contributed by atoms with Crippen molar-refractivity contribution in [3.05, 3.63) is 22.8 Å². The number of anilines is 1. The summed E-state index contributed by atoms with van der Waals surface area (Å²) >= 11 is 5.81. The van der Waals surface area contributed by atoms with Crippen LogP contribution in [0.4, 0.5) is 5.82 Å². The van der Waals surface area contributed by atoms with Gasteiger partial charge in [-0.25, -0.2) is 4.98 Å². The molecule has 0 bridgehead atoms. The Bertz CT molecular complexity index is 435. The molecule has 0 aliphatic carbocycles. The summed E-state index contributed by atoms with van der Waals surface area (Å²) < 4.78 is 5.48. The first-order valence-electron chi connectivity index (χ1n) is 5.69. The minimum absolute atomic E-state index is 0.211. The summed E-state index contributed by atoms with van der Waals surface area (Å²) in [7, 11) is 0. The summed E-state index contributed by atoms with van der Waals surface area (Å²) in [6.07, 6.45) is 1.39. The molecule has 18 heavy (non-hydrogen) atoms. The summed E-state index contributed by atoms with van der Waals surface area (Å²) in [4.78, 5) is 15.7.